The molecular formula is C15H19FO3. The Morgan fingerprint density at radius 3 is 2.68 bits per heavy atom. The van der Waals surface area contributed by atoms with E-state index in [0.29, 0.717) is 18.6 Å². The first-order valence-electron chi connectivity index (χ1n) is 6.10. The summed E-state index contributed by atoms with van der Waals surface area (Å²) in [6.07, 6.45) is 1.86. The van der Waals surface area contributed by atoms with Crippen molar-refractivity contribution in [2.24, 2.45) is 5.41 Å². The molecule has 0 amide bonds. The van der Waals surface area contributed by atoms with E-state index in [9.17, 15) is 9.18 Å². The van der Waals surface area contributed by atoms with Crippen LogP contribution < -0.4 is 4.74 Å². The number of carbonyl (C=O) groups excluding carboxylic acids is 1. The zero-order valence-corrected chi connectivity index (χ0v) is 11.5. The topological polar surface area (TPSA) is 35.5 Å². The molecule has 1 atom stereocenters. The maximum absolute atomic E-state index is 13.6. The first-order chi connectivity index (χ1) is 8.96. The van der Waals surface area contributed by atoms with Crippen LogP contribution in [0.15, 0.2) is 30.9 Å². The molecule has 1 aromatic carbocycles. The van der Waals surface area contributed by atoms with Crippen molar-refractivity contribution in [3.63, 3.8) is 0 Å². The Balaban J connectivity index is 2.95. The second-order valence-electron chi connectivity index (χ2n) is 4.49. The molecule has 0 aliphatic rings. The van der Waals surface area contributed by atoms with Gasteiger partial charge in [0.25, 0.3) is 0 Å². The summed E-state index contributed by atoms with van der Waals surface area (Å²) in [4.78, 5) is 11.9. The fourth-order valence-corrected chi connectivity index (χ4v) is 1.77. The monoisotopic (exact) mass is 266 g/mol. The van der Waals surface area contributed by atoms with E-state index in [-0.39, 0.29) is 11.7 Å². The van der Waals surface area contributed by atoms with Crippen LogP contribution in [0.4, 0.5) is 4.39 Å². The van der Waals surface area contributed by atoms with Crippen LogP contribution in [0.25, 0.3) is 0 Å². The third-order valence-corrected chi connectivity index (χ3v) is 2.98. The predicted octanol–water partition coefficient (Wildman–Crippen LogP) is 3.13. The predicted molar refractivity (Wildman–Crippen MR) is 71.6 cm³/mol. The van der Waals surface area contributed by atoms with Crippen molar-refractivity contribution < 1.29 is 18.7 Å². The van der Waals surface area contributed by atoms with E-state index in [0.717, 1.165) is 0 Å². The normalized spacial score (nSPS) is 13.5. The van der Waals surface area contributed by atoms with Crippen LogP contribution in [0.3, 0.4) is 0 Å². The van der Waals surface area contributed by atoms with Gasteiger partial charge in [-0.1, -0.05) is 12.1 Å². The fourth-order valence-electron chi connectivity index (χ4n) is 1.77. The van der Waals surface area contributed by atoms with Gasteiger partial charge in [0, 0.05) is 0 Å². The summed E-state index contributed by atoms with van der Waals surface area (Å²) in [6.45, 7) is 7.44. The van der Waals surface area contributed by atoms with Crippen LogP contribution >= 0.6 is 0 Å². The van der Waals surface area contributed by atoms with Crippen molar-refractivity contribution in [3.05, 3.63) is 42.2 Å². The van der Waals surface area contributed by atoms with Crippen LogP contribution in [0.2, 0.25) is 0 Å². The molecule has 0 aromatic heterocycles. The molecule has 0 spiro atoms. The molecular weight excluding hydrogens is 247 g/mol. The minimum atomic E-state index is -0.864. The summed E-state index contributed by atoms with van der Waals surface area (Å²) >= 11 is 0. The van der Waals surface area contributed by atoms with Crippen LogP contribution in [0, 0.1) is 11.2 Å². The van der Waals surface area contributed by atoms with Gasteiger partial charge in [-0.3, -0.25) is 4.79 Å². The molecule has 1 aromatic rings. The van der Waals surface area contributed by atoms with Gasteiger partial charge in [0.15, 0.2) is 11.6 Å². The van der Waals surface area contributed by atoms with E-state index in [1.54, 1.807) is 26.0 Å². The van der Waals surface area contributed by atoms with Crippen LogP contribution in [0.1, 0.15) is 19.4 Å². The molecule has 104 valence electrons. The number of halogens is 1. The molecule has 3 nitrogen and oxygen atoms in total. The first-order valence-corrected chi connectivity index (χ1v) is 6.10. The van der Waals surface area contributed by atoms with E-state index in [2.05, 4.69) is 6.58 Å². The molecule has 0 saturated heterocycles. The Morgan fingerprint density at radius 1 is 1.53 bits per heavy atom. The largest absolute Gasteiger partial charge is 0.494 e. The minimum absolute atomic E-state index is 0.181. The average molecular weight is 266 g/mol. The van der Waals surface area contributed by atoms with Crippen molar-refractivity contribution in [2.45, 2.75) is 20.3 Å². The van der Waals surface area contributed by atoms with Crippen molar-refractivity contribution in [3.8, 4) is 5.75 Å². The van der Waals surface area contributed by atoms with Gasteiger partial charge >= 0.3 is 5.97 Å². The minimum Gasteiger partial charge on any atom is -0.494 e. The van der Waals surface area contributed by atoms with Gasteiger partial charge < -0.3 is 9.47 Å². The highest BCUT2D eigenvalue weighted by Crippen LogP contribution is 2.28. The SMILES string of the molecule is C=CC(C)(Cc1ccc(OC)c(F)c1)C(=O)OCC. The second-order valence-corrected chi connectivity index (χ2v) is 4.49. The second kappa shape index (κ2) is 6.36. The highest BCUT2D eigenvalue weighted by molar-refractivity contribution is 5.79. The Labute approximate surface area is 113 Å². The quantitative estimate of drug-likeness (QED) is 0.586. The summed E-state index contributed by atoms with van der Waals surface area (Å²) in [5, 5.41) is 0. The number of carbonyl (C=O) groups is 1. The van der Waals surface area contributed by atoms with E-state index in [1.165, 1.54) is 19.3 Å². The molecule has 0 heterocycles. The maximum Gasteiger partial charge on any atom is 0.315 e. The lowest BCUT2D eigenvalue weighted by Gasteiger charge is -2.23. The summed E-state index contributed by atoms with van der Waals surface area (Å²) < 4.78 is 23.5. The van der Waals surface area contributed by atoms with E-state index < -0.39 is 11.2 Å². The Kier molecular flexibility index (Phi) is 5.10. The number of esters is 1. The number of rotatable bonds is 6. The summed E-state index contributed by atoms with van der Waals surface area (Å²) in [5.41, 5.74) is -0.175. The third kappa shape index (κ3) is 3.56. The summed E-state index contributed by atoms with van der Waals surface area (Å²) in [6, 6.07) is 4.63. The van der Waals surface area contributed by atoms with Gasteiger partial charge in [-0.15, -0.1) is 6.58 Å². The molecule has 4 heteroatoms. The molecule has 0 radical (unpaired) electrons. The van der Waals surface area contributed by atoms with Gasteiger partial charge in [-0.2, -0.15) is 0 Å². The average Bonchev–Trinajstić information content (AvgIpc) is 2.39. The smallest absolute Gasteiger partial charge is 0.315 e. The lowest BCUT2D eigenvalue weighted by molar-refractivity contribution is -0.151. The highest BCUT2D eigenvalue weighted by Gasteiger charge is 2.31. The Hall–Kier alpha value is -1.84. The number of hydrogen-bond donors (Lipinski definition) is 0. The number of methoxy groups -OCH3 is 1. The van der Waals surface area contributed by atoms with Crippen LogP contribution in [-0.2, 0) is 16.0 Å². The Bertz CT molecular complexity index is 470. The van der Waals surface area contributed by atoms with E-state index >= 15 is 0 Å². The Morgan fingerprint density at radius 2 is 2.21 bits per heavy atom. The molecule has 19 heavy (non-hydrogen) atoms. The highest BCUT2D eigenvalue weighted by atomic mass is 19.1. The number of benzene rings is 1. The van der Waals surface area contributed by atoms with E-state index in [4.69, 9.17) is 9.47 Å². The molecule has 0 N–H and O–H groups in total. The zero-order valence-electron chi connectivity index (χ0n) is 11.5. The van der Waals surface area contributed by atoms with Gasteiger partial charge in [-0.05, 0) is 38.0 Å². The van der Waals surface area contributed by atoms with Crippen LogP contribution in [-0.4, -0.2) is 19.7 Å². The third-order valence-electron chi connectivity index (χ3n) is 2.98. The summed E-state index contributed by atoms with van der Waals surface area (Å²) in [7, 11) is 1.41. The number of ether oxygens (including phenoxy) is 2. The number of hydrogen-bond acceptors (Lipinski definition) is 3. The molecule has 0 bridgehead atoms. The molecule has 0 fully saturated rings. The molecule has 0 aliphatic carbocycles. The lowest BCUT2D eigenvalue weighted by atomic mass is 9.84. The van der Waals surface area contributed by atoms with Gasteiger partial charge in [0.05, 0.1) is 19.1 Å². The maximum atomic E-state index is 13.6. The van der Waals surface area contributed by atoms with Crippen molar-refractivity contribution in [2.75, 3.05) is 13.7 Å². The van der Waals surface area contributed by atoms with Gasteiger partial charge in [-0.25, -0.2) is 4.39 Å². The van der Waals surface area contributed by atoms with Crippen molar-refractivity contribution in [1.82, 2.24) is 0 Å². The lowest BCUT2D eigenvalue weighted by Crippen LogP contribution is -2.30. The zero-order chi connectivity index (χ0) is 14.5. The van der Waals surface area contributed by atoms with Crippen molar-refractivity contribution >= 4 is 5.97 Å². The standard InChI is InChI=1S/C15H19FO3/c1-5-15(3,14(17)19-6-2)10-11-7-8-13(18-4)12(16)9-11/h5,7-9H,1,6,10H2,2-4H3. The molecule has 1 unspecified atom stereocenters. The van der Waals surface area contributed by atoms with Gasteiger partial charge in [0.2, 0.25) is 0 Å². The first kappa shape index (κ1) is 15.2. The van der Waals surface area contributed by atoms with E-state index in [1.807, 2.05) is 0 Å². The van der Waals surface area contributed by atoms with Crippen molar-refractivity contribution in [1.29, 1.82) is 0 Å². The molecule has 1 rings (SSSR count). The fraction of sp³-hybridized carbons (Fsp3) is 0.400. The molecule has 0 saturated carbocycles. The van der Waals surface area contributed by atoms with Crippen LogP contribution in [0.5, 0.6) is 5.75 Å². The molecule has 0 aliphatic heterocycles. The summed E-state index contributed by atoms with van der Waals surface area (Å²) in [5.74, 6) is -0.628. The van der Waals surface area contributed by atoms with Gasteiger partial charge in [0.1, 0.15) is 0 Å².